The zero-order valence-corrected chi connectivity index (χ0v) is 11.9. The first-order valence-corrected chi connectivity index (χ1v) is 7.39. The van der Waals surface area contributed by atoms with Gasteiger partial charge in [-0.2, -0.15) is 0 Å². The Bertz CT molecular complexity index is 449. The number of aliphatic imine (C=N–C) groups is 1. The first kappa shape index (κ1) is 12.0. The molecule has 1 saturated carbocycles. The summed E-state index contributed by atoms with van der Waals surface area (Å²) in [7, 11) is 0. The maximum atomic E-state index is 6.08. The summed E-state index contributed by atoms with van der Waals surface area (Å²) in [6, 6.07) is 9.45. The van der Waals surface area contributed by atoms with Crippen molar-refractivity contribution < 1.29 is 0 Å². The zero-order valence-electron chi connectivity index (χ0n) is 10.3. The second kappa shape index (κ2) is 4.92. The molecule has 1 aromatic rings. The van der Waals surface area contributed by atoms with Gasteiger partial charge in [-0.15, -0.1) is 0 Å². The van der Waals surface area contributed by atoms with Gasteiger partial charge >= 0.3 is 0 Å². The molecule has 0 aromatic heterocycles. The fourth-order valence-corrected chi connectivity index (χ4v) is 3.35. The Balaban J connectivity index is 1.85. The van der Waals surface area contributed by atoms with Gasteiger partial charge in [-0.05, 0) is 30.5 Å². The number of benzene rings is 1. The highest BCUT2D eigenvalue weighted by Crippen LogP contribution is 2.34. The molecular formula is C14H18BrN3. The van der Waals surface area contributed by atoms with Crippen LogP contribution in [0.1, 0.15) is 37.3 Å². The van der Waals surface area contributed by atoms with Gasteiger partial charge in [0.05, 0.1) is 12.6 Å². The largest absolute Gasteiger partial charge is 0.370 e. The summed E-state index contributed by atoms with van der Waals surface area (Å²) < 4.78 is 1.12. The van der Waals surface area contributed by atoms with Gasteiger partial charge in [0.2, 0.25) is 0 Å². The van der Waals surface area contributed by atoms with Gasteiger partial charge in [0.1, 0.15) is 0 Å². The average Bonchev–Trinajstić information content (AvgIpc) is 2.99. The third-order valence-corrected chi connectivity index (χ3v) is 4.53. The van der Waals surface area contributed by atoms with Crippen molar-refractivity contribution in [1.29, 1.82) is 0 Å². The quantitative estimate of drug-likeness (QED) is 0.912. The number of guanidine groups is 1. The van der Waals surface area contributed by atoms with Crippen LogP contribution in [0.2, 0.25) is 0 Å². The molecule has 0 spiro atoms. The normalized spacial score (nSPS) is 24.6. The number of nitrogens with zero attached hydrogens (tertiary/aromatic N) is 2. The number of rotatable bonds is 2. The molecule has 4 heteroatoms. The van der Waals surface area contributed by atoms with Crippen molar-refractivity contribution in [2.24, 2.45) is 10.7 Å². The van der Waals surface area contributed by atoms with E-state index in [2.05, 4.69) is 50.1 Å². The summed E-state index contributed by atoms with van der Waals surface area (Å²) in [6.07, 6.45) is 5.15. The van der Waals surface area contributed by atoms with Gasteiger partial charge in [-0.1, -0.05) is 40.9 Å². The molecule has 18 heavy (non-hydrogen) atoms. The van der Waals surface area contributed by atoms with E-state index in [4.69, 9.17) is 5.73 Å². The summed E-state index contributed by atoms with van der Waals surface area (Å²) in [6.45, 7) is 0.796. The minimum atomic E-state index is 0.334. The van der Waals surface area contributed by atoms with E-state index in [-0.39, 0.29) is 0 Å². The first-order valence-electron chi connectivity index (χ1n) is 6.59. The molecule has 1 aromatic carbocycles. The van der Waals surface area contributed by atoms with Crippen molar-refractivity contribution in [2.75, 3.05) is 6.54 Å². The fraction of sp³-hybridized carbons (Fsp3) is 0.500. The van der Waals surface area contributed by atoms with Crippen LogP contribution in [0.3, 0.4) is 0 Å². The highest BCUT2D eigenvalue weighted by molar-refractivity contribution is 9.10. The zero-order chi connectivity index (χ0) is 12.5. The molecular weight excluding hydrogens is 290 g/mol. The SMILES string of the molecule is NC1=NCC(c2ccc(Br)cc2)N1C1CCCC1. The van der Waals surface area contributed by atoms with Crippen LogP contribution in [-0.2, 0) is 0 Å². The Morgan fingerprint density at radius 1 is 1.17 bits per heavy atom. The molecule has 0 radical (unpaired) electrons. The number of hydrogen-bond acceptors (Lipinski definition) is 3. The average molecular weight is 308 g/mol. The van der Waals surface area contributed by atoms with E-state index in [1.165, 1.54) is 31.2 Å². The minimum absolute atomic E-state index is 0.334. The number of nitrogens with two attached hydrogens (primary N) is 1. The molecule has 1 atom stereocenters. The Hall–Kier alpha value is -1.03. The third-order valence-electron chi connectivity index (χ3n) is 4.00. The topological polar surface area (TPSA) is 41.6 Å². The van der Waals surface area contributed by atoms with Crippen LogP contribution in [0.25, 0.3) is 0 Å². The summed E-state index contributed by atoms with van der Waals surface area (Å²) in [5, 5.41) is 0. The predicted octanol–water partition coefficient (Wildman–Crippen LogP) is 3.06. The summed E-state index contributed by atoms with van der Waals surface area (Å²) >= 11 is 3.48. The molecule has 96 valence electrons. The van der Waals surface area contributed by atoms with E-state index >= 15 is 0 Å². The van der Waals surface area contributed by atoms with Crippen LogP contribution in [0.5, 0.6) is 0 Å². The van der Waals surface area contributed by atoms with Crippen molar-refractivity contribution in [2.45, 2.75) is 37.8 Å². The van der Waals surface area contributed by atoms with Crippen LogP contribution >= 0.6 is 15.9 Å². The van der Waals surface area contributed by atoms with Crippen molar-refractivity contribution in [3.8, 4) is 0 Å². The smallest absolute Gasteiger partial charge is 0.192 e. The lowest BCUT2D eigenvalue weighted by Gasteiger charge is -2.32. The maximum Gasteiger partial charge on any atom is 0.192 e. The van der Waals surface area contributed by atoms with Gasteiger partial charge < -0.3 is 10.6 Å². The monoisotopic (exact) mass is 307 g/mol. The lowest BCUT2D eigenvalue weighted by molar-refractivity contribution is 0.262. The van der Waals surface area contributed by atoms with E-state index < -0.39 is 0 Å². The van der Waals surface area contributed by atoms with E-state index in [0.717, 1.165) is 17.0 Å². The second-order valence-electron chi connectivity index (χ2n) is 5.11. The Morgan fingerprint density at radius 2 is 1.83 bits per heavy atom. The molecule has 0 saturated heterocycles. The Kier molecular flexibility index (Phi) is 3.29. The first-order chi connectivity index (χ1) is 8.75. The number of halogens is 1. The van der Waals surface area contributed by atoms with Gasteiger partial charge in [-0.25, -0.2) is 0 Å². The van der Waals surface area contributed by atoms with Crippen molar-refractivity contribution >= 4 is 21.9 Å². The molecule has 0 amide bonds. The fourth-order valence-electron chi connectivity index (χ4n) is 3.08. The summed E-state index contributed by atoms with van der Waals surface area (Å²) in [4.78, 5) is 6.79. The van der Waals surface area contributed by atoms with Crippen molar-refractivity contribution in [1.82, 2.24) is 4.90 Å². The number of hydrogen-bond donors (Lipinski definition) is 1. The summed E-state index contributed by atoms with van der Waals surface area (Å²) in [5.74, 6) is 0.731. The van der Waals surface area contributed by atoms with Crippen molar-refractivity contribution in [3.05, 3.63) is 34.3 Å². The van der Waals surface area contributed by atoms with Gasteiger partial charge in [-0.3, -0.25) is 4.99 Å². The standard InChI is InChI=1S/C14H18BrN3/c15-11-7-5-10(6-8-11)13-9-17-14(16)18(13)12-3-1-2-4-12/h5-8,12-13H,1-4,9H2,(H2,16,17). The molecule has 0 bridgehead atoms. The van der Waals surface area contributed by atoms with Crippen LogP contribution in [-0.4, -0.2) is 23.4 Å². The highest BCUT2D eigenvalue weighted by Gasteiger charge is 2.34. The Morgan fingerprint density at radius 3 is 2.50 bits per heavy atom. The third kappa shape index (κ3) is 2.14. The molecule has 1 heterocycles. The maximum absolute atomic E-state index is 6.08. The van der Waals surface area contributed by atoms with Crippen LogP contribution < -0.4 is 5.73 Å². The molecule has 1 aliphatic carbocycles. The molecule has 1 fully saturated rings. The van der Waals surface area contributed by atoms with E-state index in [1.54, 1.807) is 0 Å². The lowest BCUT2D eigenvalue weighted by Crippen LogP contribution is -2.42. The van der Waals surface area contributed by atoms with E-state index in [9.17, 15) is 0 Å². The van der Waals surface area contributed by atoms with Gasteiger partial charge in [0.25, 0.3) is 0 Å². The molecule has 3 nitrogen and oxygen atoms in total. The molecule has 3 rings (SSSR count). The van der Waals surface area contributed by atoms with Crippen molar-refractivity contribution in [3.63, 3.8) is 0 Å². The molecule has 1 unspecified atom stereocenters. The molecule has 2 N–H and O–H groups in total. The van der Waals surface area contributed by atoms with Crippen LogP contribution in [0, 0.1) is 0 Å². The molecule has 2 aliphatic rings. The highest BCUT2D eigenvalue weighted by atomic mass is 79.9. The lowest BCUT2D eigenvalue weighted by atomic mass is 10.0. The second-order valence-corrected chi connectivity index (χ2v) is 6.03. The van der Waals surface area contributed by atoms with Crippen LogP contribution in [0.15, 0.2) is 33.7 Å². The molecule has 1 aliphatic heterocycles. The van der Waals surface area contributed by atoms with Gasteiger partial charge in [0, 0.05) is 10.5 Å². The van der Waals surface area contributed by atoms with E-state index in [1.807, 2.05) is 0 Å². The minimum Gasteiger partial charge on any atom is -0.370 e. The van der Waals surface area contributed by atoms with E-state index in [0.29, 0.717) is 12.1 Å². The van der Waals surface area contributed by atoms with Crippen LogP contribution in [0.4, 0.5) is 0 Å². The predicted molar refractivity (Wildman–Crippen MR) is 77.5 cm³/mol. The Labute approximate surface area is 116 Å². The summed E-state index contributed by atoms with van der Waals surface area (Å²) in [5.41, 5.74) is 7.40. The van der Waals surface area contributed by atoms with Gasteiger partial charge in [0.15, 0.2) is 5.96 Å².